The van der Waals surface area contributed by atoms with Crippen LogP contribution in [-0.2, 0) is 9.84 Å². The molecule has 5 heteroatoms. The molecule has 1 rings (SSSR count). The SMILES string of the molecule is CCS(=O)(=O)c1ccc([C@@H](O)CN)cc1. The van der Waals surface area contributed by atoms with Gasteiger partial charge in [-0.05, 0) is 17.7 Å². The van der Waals surface area contributed by atoms with Crippen molar-refractivity contribution in [2.24, 2.45) is 5.73 Å². The fourth-order valence-corrected chi connectivity index (χ4v) is 2.08. The molecule has 1 aromatic carbocycles. The van der Waals surface area contributed by atoms with Crippen LogP contribution in [0.5, 0.6) is 0 Å². The molecule has 0 saturated carbocycles. The van der Waals surface area contributed by atoms with E-state index in [9.17, 15) is 13.5 Å². The second-order valence-electron chi connectivity index (χ2n) is 3.22. The lowest BCUT2D eigenvalue weighted by Gasteiger charge is -2.08. The molecular weight excluding hydrogens is 214 g/mol. The topological polar surface area (TPSA) is 80.4 Å². The highest BCUT2D eigenvalue weighted by atomic mass is 32.2. The van der Waals surface area contributed by atoms with Crippen molar-refractivity contribution in [2.45, 2.75) is 17.9 Å². The van der Waals surface area contributed by atoms with Crippen LogP contribution in [0.2, 0.25) is 0 Å². The quantitative estimate of drug-likeness (QED) is 0.786. The molecule has 4 nitrogen and oxygen atoms in total. The van der Waals surface area contributed by atoms with Crippen LogP contribution in [0.4, 0.5) is 0 Å². The summed E-state index contributed by atoms with van der Waals surface area (Å²) in [7, 11) is -3.16. The first-order chi connectivity index (χ1) is 7.01. The standard InChI is InChI=1S/C10H15NO3S/c1-2-15(13,14)9-5-3-8(4-6-9)10(12)7-11/h3-6,10,12H,2,7,11H2,1H3/t10-/m0/s1. The first-order valence-corrected chi connectivity index (χ1v) is 6.37. The Balaban J connectivity index is 3.00. The molecule has 0 aliphatic carbocycles. The summed E-state index contributed by atoms with van der Waals surface area (Å²) in [6.45, 7) is 1.72. The van der Waals surface area contributed by atoms with E-state index in [4.69, 9.17) is 5.73 Å². The molecule has 0 saturated heterocycles. The molecule has 3 N–H and O–H groups in total. The van der Waals surface area contributed by atoms with Crippen molar-refractivity contribution in [3.63, 3.8) is 0 Å². The molecule has 1 aromatic rings. The Morgan fingerprint density at radius 1 is 1.33 bits per heavy atom. The lowest BCUT2D eigenvalue weighted by molar-refractivity contribution is 0.186. The first-order valence-electron chi connectivity index (χ1n) is 4.72. The van der Waals surface area contributed by atoms with Crippen molar-refractivity contribution in [3.8, 4) is 0 Å². The Hall–Kier alpha value is -0.910. The van der Waals surface area contributed by atoms with Gasteiger partial charge in [0.15, 0.2) is 9.84 Å². The highest BCUT2D eigenvalue weighted by Gasteiger charge is 2.12. The Morgan fingerprint density at radius 2 is 1.87 bits per heavy atom. The summed E-state index contributed by atoms with van der Waals surface area (Å²) in [5.74, 6) is 0.0752. The van der Waals surface area contributed by atoms with Gasteiger partial charge >= 0.3 is 0 Å². The van der Waals surface area contributed by atoms with E-state index >= 15 is 0 Å². The molecule has 0 radical (unpaired) electrons. The number of benzene rings is 1. The van der Waals surface area contributed by atoms with E-state index < -0.39 is 15.9 Å². The lowest BCUT2D eigenvalue weighted by atomic mass is 10.1. The normalized spacial score (nSPS) is 13.8. The molecule has 0 aliphatic heterocycles. The van der Waals surface area contributed by atoms with Gasteiger partial charge in [0.05, 0.1) is 16.8 Å². The van der Waals surface area contributed by atoms with Crippen LogP contribution in [0.3, 0.4) is 0 Å². The molecule has 15 heavy (non-hydrogen) atoms. The van der Waals surface area contributed by atoms with Gasteiger partial charge in [0.2, 0.25) is 0 Å². The lowest BCUT2D eigenvalue weighted by Crippen LogP contribution is -2.11. The number of aliphatic hydroxyl groups is 1. The van der Waals surface area contributed by atoms with E-state index in [1.165, 1.54) is 12.1 Å². The molecule has 0 spiro atoms. The van der Waals surface area contributed by atoms with E-state index in [0.29, 0.717) is 5.56 Å². The average Bonchev–Trinajstić information content (AvgIpc) is 2.28. The van der Waals surface area contributed by atoms with Crippen molar-refractivity contribution < 1.29 is 13.5 Å². The van der Waals surface area contributed by atoms with Gasteiger partial charge in [-0.25, -0.2) is 8.42 Å². The van der Waals surface area contributed by atoms with Gasteiger partial charge in [0.1, 0.15) is 0 Å². The van der Waals surface area contributed by atoms with Gasteiger partial charge in [-0.3, -0.25) is 0 Å². The molecule has 0 fully saturated rings. The minimum absolute atomic E-state index is 0.0752. The molecule has 0 unspecified atom stereocenters. The van der Waals surface area contributed by atoms with Crippen LogP contribution >= 0.6 is 0 Å². The van der Waals surface area contributed by atoms with Crippen LogP contribution in [0.15, 0.2) is 29.2 Å². The van der Waals surface area contributed by atoms with Crippen molar-refractivity contribution in [3.05, 3.63) is 29.8 Å². The smallest absolute Gasteiger partial charge is 0.178 e. The summed E-state index contributed by atoms with van der Waals surface area (Å²) < 4.78 is 22.9. The number of rotatable bonds is 4. The van der Waals surface area contributed by atoms with Crippen LogP contribution in [0, 0.1) is 0 Å². The fourth-order valence-electron chi connectivity index (χ4n) is 1.20. The Morgan fingerprint density at radius 3 is 2.27 bits per heavy atom. The maximum absolute atomic E-state index is 11.5. The largest absolute Gasteiger partial charge is 0.387 e. The third kappa shape index (κ3) is 2.77. The second kappa shape index (κ2) is 4.74. The predicted octanol–water partition coefficient (Wildman–Crippen LogP) is 0.472. The third-order valence-corrected chi connectivity index (χ3v) is 3.98. The number of hydrogen-bond donors (Lipinski definition) is 2. The van der Waals surface area contributed by atoms with E-state index in [1.54, 1.807) is 19.1 Å². The van der Waals surface area contributed by atoms with Gasteiger partial charge in [-0.2, -0.15) is 0 Å². The van der Waals surface area contributed by atoms with Gasteiger partial charge in [0, 0.05) is 6.54 Å². The van der Waals surface area contributed by atoms with E-state index in [2.05, 4.69) is 0 Å². The van der Waals surface area contributed by atoms with Crippen molar-refractivity contribution in [1.29, 1.82) is 0 Å². The second-order valence-corrected chi connectivity index (χ2v) is 5.50. The monoisotopic (exact) mass is 229 g/mol. The first kappa shape index (κ1) is 12.2. The molecule has 84 valence electrons. The van der Waals surface area contributed by atoms with E-state index in [-0.39, 0.29) is 17.2 Å². The molecule has 1 atom stereocenters. The molecule has 0 aromatic heterocycles. The van der Waals surface area contributed by atoms with Crippen LogP contribution < -0.4 is 5.73 Å². The van der Waals surface area contributed by atoms with Gasteiger partial charge in [-0.1, -0.05) is 19.1 Å². The maximum atomic E-state index is 11.5. The summed E-state index contributed by atoms with van der Waals surface area (Å²) in [6, 6.07) is 6.15. The number of sulfone groups is 1. The Bertz CT molecular complexity index is 411. The number of nitrogens with two attached hydrogens (primary N) is 1. The van der Waals surface area contributed by atoms with Gasteiger partial charge in [-0.15, -0.1) is 0 Å². The summed E-state index contributed by atoms with van der Waals surface area (Å²) in [4.78, 5) is 0.276. The minimum atomic E-state index is -3.16. The van der Waals surface area contributed by atoms with Crippen molar-refractivity contribution in [2.75, 3.05) is 12.3 Å². The summed E-state index contributed by atoms with van der Waals surface area (Å²) >= 11 is 0. The fraction of sp³-hybridized carbons (Fsp3) is 0.400. The highest BCUT2D eigenvalue weighted by molar-refractivity contribution is 7.91. The van der Waals surface area contributed by atoms with E-state index in [0.717, 1.165) is 0 Å². The molecular formula is C10H15NO3S. The zero-order chi connectivity index (χ0) is 11.5. The zero-order valence-electron chi connectivity index (χ0n) is 8.55. The predicted molar refractivity (Wildman–Crippen MR) is 58.2 cm³/mol. The van der Waals surface area contributed by atoms with Gasteiger partial charge in [0.25, 0.3) is 0 Å². The average molecular weight is 229 g/mol. The summed E-state index contributed by atoms with van der Waals surface area (Å²) in [6.07, 6.45) is -0.733. The van der Waals surface area contributed by atoms with Crippen LogP contribution in [0.25, 0.3) is 0 Å². The summed E-state index contributed by atoms with van der Waals surface area (Å²) in [5, 5.41) is 9.41. The van der Waals surface area contributed by atoms with Gasteiger partial charge < -0.3 is 10.8 Å². The van der Waals surface area contributed by atoms with Crippen molar-refractivity contribution in [1.82, 2.24) is 0 Å². The molecule has 0 bridgehead atoms. The Labute approximate surface area is 89.7 Å². The minimum Gasteiger partial charge on any atom is -0.387 e. The van der Waals surface area contributed by atoms with Crippen LogP contribution in [0.1, 0.15) is 18.6 Å². The highest BCUT2D eigenvalue weighted by Crippen LogP contribution is 2.16. The van der Waals surface area contributed by atoms with Crippen LogP contribution in [-0.4, -0.2) is 25.8 Å². The number of hydrogen-bond acceptors (Lipinski definition) is 4. The number of aliphatic hydroxyl groups excluding tert-OH is 1. The van der Waals surface area contributed by atoms with E-state index in [1.807, 2.05) is 0 Å². The Kier molecular flexibility index (Phi) is 3.84. The summed E-state index contributed by atoms with van der Waals surface area (Å²) in [5.41, 5.74) is 5.92. The van der Waals surface area contributed by atoms with Crippen molar-refractivity contribution >= 4 is 9.84 Å². The maximum Gasteiger partial charge on any atom is 0.178 e. The third-order valence-electron chi connectivity index (χ3n) is 2.23. The zero-order valence-corrected chi connectivity index (χ0v) is 9.37. The molecule has 0 aliphatic rings. The molecule has 0 heterocycles. The molecule has 0 amide bonds.